The quantitative estimate of drug-likeness (QED) is 0.430. The Bertz CT molecular complexity index is 68.0. The van der Waals surface area contributed by atoms with Gasteiger partial charge in [0, 0.05) is 6.42 Å². The van der Waals surface area contributed by atoms with Gasteiger partial charge in [0.05, 0.1) is 5.76 Å². The Labute approximate surface area is 37.6 Å². The molecule has 0 spiro atoms. The maximum absolute atomic E-state index is 4.94. The van der Waals surface area contributed by atoms with E-state index in [-0.39, 0.29) is 0 Å². The Morgan fingerprint density at radius 1 is 2.00 bits per heavy atom. The van der Waals surface area contributed by atoms with Crippen LogP contribution in [-0.2, 0) is 4.74 Å². The summed E-state index contributed by atoms with van der Waals surface area (Å²) >= 11 is 0. The standard InChI is InChI=1S/C5H8O/c1-4-3-5(2)6-4/h5H,1,3H2,2H3. The molecule has 1 nitrogen and oxygen atoms in total. The van der Waals surface area contributed by atoms with Gasteiger partial charge in [-0.05, 0) is 6.92 Å². The van der Waals surface area contributed by atoms with Crippen LogP contribution in [0.1, 0.15) is 13.3 Å². The minimum absolute atomic E-state index is 0.442. The smallest absolute Gasteiger partial charge is 0.102 e. The first-order valence-corrected chi connectivity index (χ1v) is 2.13. The molecular weight excluding hydrogens is 76.1 g/mol. The van der Waals surface area contributed by atoms with E-state index in [1.165, 1.54) is 0 Å². The van der Waals surface area contributed by atoms with Gasteiger partial charge in [-0.1, -0.05) is 6.58 Å². The van der Waals surface area contributed by atoms with Crippen LogP contribution in [0.5, 0.6) is 0 Å². The van der Waals surface area contributed by atoms with Crippen molar-refractivity contribution in [2.75, 3.05) is 0 Å². The molecule has 1 aliphatic rings. The molecule has 1 heteroatoms. The van der Waals surface area contributed by atoms with Gasteiger partial charge in [0.25, 0.3) is 0 Å². The lowest BCUT2D eigenvalue weighted by molar-refractivity contribution is 0.0363. The van der Waals surface area contributed by atoms with Gasteiger partial charge in [0.1, 0.15) is 6.10 Å². The minimum atomic E-state index is 0.442. The van der Waals surface area contributed by atoms with Crippen molar-refractivity contribution < 1.29 is 4.74 Å². The van der Waals surface area contributed by atoms with Gasteiger partial charge in [0.2, 0.25) is 0 Å². The molecule has 1 saturated heterocycles. The highest BCUT2D eigenvalue weighted by molar-refractivity contribution is 4.94. The fourth-order valence-electron chi connectivity index (χ4n) is 0.596. The van der Waals surface area contributed by atoms with E-state index in [9.17, 15) is 0 Å². The second-order valence-corrected chi connectivity index (χ2v) is 1.67. The van der Waals surface area contributed by atoms with E-state index in [2.05, 4.69) is 6.58 Å². The highest BCUT2D eigenvalue weighted by Crippen LogP contribution is 2.20. The topological polar surface area (TPSA) is 9.23 Å². The normalized spacial score (nSPS) is 31.5. The zero-order valence-corrected chi connectivity index (χ0v) is 3.90. The Balaban J connectivity index is 2.28. The van der Waals surface area contributed by atoms with Crippen molar-refractivity contribution in [2.45, 2.75) is 19.4 Å². The highest BCUT2D eigenvalue weighted by atomic mass is 16.5. The molecule has 0 aromatic heterocycles. The van der Waals surface area contributed by atoms with E-state index in [4.69, 9.17) is 4.74 Å². The van der Waals surface area contributed by atoms with Gasteiger partial charge in [-0.25, -0.2) is 0 Å². The molecule has 6 heavy (non-hydrogen) atoms. The molecule has 0 aromatic carbocycles. The van der Waals surface area contributed by atoms with Gasteiger partial charge in [0.15, 0.2) is 0 Å². The zero-order chi connectivity index (χ0) is 4.57. The first-order chi connectivity index (χ1) is 2.79. The molecule has 1 aliphatic heterocycles. The largest absolute Gasteiger partial charge is 0.495 e. The molecule has 0 bridgehead atoms. The van der Waals surface area contributed by atoms with Crippen LogP contribution in [-0.4, -0.2) is 6.10 Å². The molecule has 0 radical (unpaired) electrons. The second-order valence-electron chi connectivity index (χ2n) is 1.67. The number of hydrogen-bond donors (Lipinski definition) is 0. The molecule has 0 saturated carbocycles. The van der Waals surface area contributed by atoms with Crippen molar-refractivity contribution in [3.63, 3.8) is 0 Å². The molecule has 1 heterocycles. The van der Waals surface area contributed by atoms with Crippen LogP contribution < -0.4 is 0 Å². The summed E-state index contributed by atoms with van der Waals surface area (Å²) in [5.74, 6) is 0.933. The summed E-state index contributed by atoms with van der Waals surface area (Å²) in [7, 11) is 0. The Morgan fingerprint density at radius 2 is 2.50 bits per heavy atom. The van der Waals surface area contributed by atoms with Crippen LogP contribution >= 0.6 is 0 Å². The first kappa shape index (κ1) is 3.72. The third kappa shape index (κ3) is 0.402. The van der Waals surface area contributed by atoms with Gasteiger partial charge in [-0.15, -0.1) is 0 Å². The van der Waals surface area contributed by atoms with E-state index < -0.39 is 0 Å². The number of hydrogen-bond acceptors (Lipinski definition) is 1. The summed E-state index contributed by atoms with van der Waals surface area (Å²) in [6, 6.07) is 0. The third-order valence-electron chi connectivity index (χ3n) is 0.883. The monoisotopic (exact) mass is 84.1 g/mol. The van der Waals surface area contributed by atoms with Crippen molar-refractivity contribution in [3.05, 3.63) is 12.3 Å². The van der Waals surface area contributed by atoms with E-state index in [1.807, 2.05) is 6.92 Å². The van der Waals surface area contributed by atoms with E-state index in [0.717, 1.165) is 12.2 Å². The minimum Gasteiger partial charge on any atom is -0.495 e. The number of ether oxygens (including phenoxy) is 1. The van der Waals surface area contributed by atoms with Crippen LogP contribution in [0.2, 0.25) is 0 Å². The summed E-state index contributed by atoms with van der Waals surface area (Å²) < 4.78 is 4.94. The summed E-state index contributed by atoms with van der Waals surface area (Å²) in [6.45, 7) is 5.62. The SMILES string of the molecule is C=C1CC(C)O1. The highest BCUT2D eigenvalue weighted by Gasteiger charge is 2.15. The molecule has 1 unspecified atom stereocenters. The van der Waals surface area contributed by atoms with Crippen molar-refractivity contribution in [2.24, 2.45) is 0 Å². The van der Waals surface area contributed by atoms with Crippen LogP contribution in [0.3, 0.4) is 0 Å². The predicted octanol–water partition coefficient (Wildman–Crippen LogP) is 1.31. The summed E-state index contributed by atoms with van der Waals surface area (Å²) in [4.78, 5) is 0. The fourth-order valence-corrected chi connectivity index (χ4v) is 0.596. The lowest BCUT2D eigenvalue weighted by atomic mass is 10.2. The maximum atomic E-state index is 4.94. The molecule has 0 aliphatic carbocycles. The Hall–Kier alpha value is -0.460. The van der Waals surface area contributed by atoms with Crippen LogP contribution in [0.15, 0.2) is 12.3 Å². The molecule has 34 valence electrons. The predicted molar refractivity (Wildman–Crippen MR) is 24.3 cm³/mol. The van der Waals surface area contributed by atoms with Crippen molar-refractivity contribution in [3.8, 4) is 0 Å². The molecule has 0 N–H and O–H groups in total. The van der Waals surface area contributed by atoms with E-state index in [0.29, 0.717) is 6.10 Å². The van der Waals surface area contributed by atoms with Crippen molar-refractivity contribution in [1.82, 2.24) is 0 Å². The molecule has 1 atom stereocenters. The Kier molecular flexibility index (Phi) is 0.621. The summed E-state index contributed by atoms with van der Waals surface area (Å²) in [5, 5.41) is 0. The van der Waals surface area contributed by atoms with Gasteiger partial charge < -0.3 is 4.74 Å². The molecule has 0 aromatic rings. The van der Waals surface area contributed by atoms with E-state index in [1.54, 1.807) is 0 Å². The molecule has 0 amide bonds. The van der Waals surface area contributed by atoms with Crippen LogP contribution in [0, 0.1) is 0 Å². The lowest BCUT2D eigenvalue weighted by Gasteiger charge is -2.25. The molecule has 1 rings (SSSR count). The summed E-state index contributed by atoms with van der Waals surface area (Å²) in [6.07, 6.45) is 1.50. The zero-order valence-electron chi connectivity index (χ0n) is 3.90. The van der Waals surface area contributed by atoms with Crippen LogP contribution in [0.4, 0.5) is 0 Å². The third-order valence-corrected chi connectivity index (χ3v) is 0.883. The fraction of sp³-hybridized carbons (Fsp3) is 0.600. The van der Waals surface area contributed by atoms with Crippen molar-refractivity contribution in [1.29, 1.82) is 0 Å². The summed E-state index contributed by atoms with van der Waals surface area (Å²) in [5.41, 5.74) is 0. The first-order valence-electron chi connectivity index (χ1n) is 2.13. The number of rotatable bonds is 0. The van der Waals surface area contributed by atoms with Gasteiger partial charge in [-0.3, -0.25) is 0 Å². The van der Waals surface area contributed by atoms with Crippen molar-refractivity contribution >= 4 is 0 Å². The van der Waals surface area contributed by atoms with E-state index >= 15 is 0 Å². The average molecular weight is 84.1 g/mol. The van der Waals surface area contributed by atoms with Gasteiger partial charge in [-0.2, -0.15) is 0 Å². The average Bonchev–Trinajstić information content (AvgIpc) is 1.33. The molecule has 1 fully saturated rings. The lowest BCUT2D eigenvalue weighted by Crippen LogP contribution is -2.19. The second kappa shape index (κ2) is 1.00. The van der Waals surface area contributed by atoms with Crippen LogP contribution in [0.25, 0.3) is 0 Å². The Morgan fingerprint density at radius 3 is 2.50 bits per heavy atom. The maximum Gasteiger partial charge on any atom is 0.102 e. The molecular formula is C5H8O. The van der Waals surface area contributed by atoms with Gasteiger partial charge >= 0.3 is 0 Å².